The molecule has 1 aromatic carbocycles. The molecule has 0 saturated carbocycles. The topological polar surface area (TPSA) is 80.6 Å². The number of carbonyl (C=O) groups excluding carboxylic acids is 1. The van der Waals surface area contributed by atoms with Crippen molar-refractivity contribution in [1.82, 2.24) is 5.48 Å². The number of hydrogen-bond acceptors (Lipinski definition) is 5. The number of carbonyl (C=O) groups is 1. The van der Waals surface area contributed by atoms with Gasteiger partial charge in [0, 0.05) is 7.11 Å². The van der Waals surface area contributed by atoms with Crippen LogP contribution in [0.25, 0.3) is 0 Å². The average molecular weight is 250 g/mol. The fraction of sp³-hybridized carbons (Fsp3) is 0.333. The summed E-state index contributed by atoms with van der Waals surface area (Å²) in [7, 11) is 1.54. The summed E-state index contributed by atoms with van der Waals surface area (Å²) in [6, 6.07) is 8.46. The molecule has 0 fully saturated rings. The van der Waals surface area contributed by atoms with Gasteiger partial charge in [0.15, 0.2) is 6.61 Å². The molecule has 0 spiro atoms. The molecule has 0 unspecified atom stereocenters. The summed E-state index contributed by atoms with van der Waals surface area (Å²) in [4.78, 5) is 16.1. The third kappa shape index (κ3) is 5.30. The van der Waals surface area contributed by atoms with Gasteiger partial charge in [0.2, 0.25) is 0 Å². The van der Waals surface area contributed by atoms with E-state index in [2.05, 4.69) is 5.48 Å². The Kier molecular flexibility index (Phi) is 6.25. The van der Waals surface area contributed by atoms with E-state index >= 15 is 0 Å². The molecule has 6 nitrogen and oxygen atoms in total. The van der Waals surface area contributed by atoms with Gasteiger partial charge < -0.3 is 9.47 Å². The Labute approximate surface area is 105 Å². The monoisotopic (exact) mass is 250 g/mol. The molecule has 1 rings (SSSR count). The Hall–Kier alpha value is -2.10. The third-order valence-electron chi connectivity index (χ3n) is 1.93. The van der Waals surface area contributed by atoms with E-state index in [9.17, 15) is 4.79 Å². The van der Waals surface area contributed by atoms with Crippen LogP contribution >= 0.6 is 0 Å². The average Bonchev–Trinajstić information content (AvgIpc) is 2.42. The van der Waals surface area contributed by atoms with Crippen LogP contribution in [0, 0.1) is 11.3 Å². The van der Waals surface area contributed by atoms with Crippen molar-refractivity contribution in [3.05, 3.63) is 29.8 Å². The summed E-state index contributed by atoms with van der Waals surface area (Å²) in [5.74, 6) is 0.122. The van der Waals surface area contributed by atoms with Gasteiger partial charge in [-0.05, 0) is 24.3 Å². The van der Waals surface area contributed by atoms with Crippen LogP contribution < -0.4 is 10.2 Å². The standard InChI is InChI=1S/C12H14N2O4/c1-16-6-7-18-14-12(15)9-17-11-4-2-10(8-13)3-5-11/h2-5H,6-7,9H2,1H3,(H,14,15). The number of methoxy groups -OCH3 is 1. The van der Waals surface area contributed by atoms with Crippen LogP contribution in [0.3, 0.4) is 0 Å². The molecule has 0 heterocycles. The van der Waals surface area contributed by atoms with Gasteiger partial charge in [0.1, 0.15) is 5.75 Å². The van der Waals surface area contributed by atoms with Crippen molar-refractivity contribution in [2.24, 2.45) is 0 Å². The molecule has 18 heavy (non-hydrogen) atoms. The molecule has 0 bridgehead atoms. The first-order valence-electron chi connectivity index (χ1n) is 5.29. The van der Waals surface area contributed by atoms with Gasteiger partial charge in [-0.2, -0.15) is 5.26 Å². The summed E-state index contributed by atoms with van der Waals surface area (Å²) in [6.07, 6.45) is 0. The highest BCUT2D eigenvalue weighted by Gasteiger charge is 2.02. The SMILES string of the molecule is COCCONC(=O)COc1ccc(C#N)cc1. The highest BCUT2D eigenvalue weighted by atomic mass is 16.7. The van der Waals surface area contributed by atoms with E-state index in [1.165, 1.54) is 0 Å². The molecule has 0 radical (unpaired) electrons. The normalized spacial score (nSPS) is 9.56. The van der Waals surface area contributed by atoms with Crippen molar-refractivity contribution in [3.63, 3.8) is 0 Å². The van der Waals surface area contributed by atoms with E-state index in [1.807, 2.05) is 6.07 Å². The quantitative estimate of drug-likeness (QED) is 0.567. The van der Waals surface area contributed by atoms with Crippen LogP contribution in [0.4, 0.5) is 0 Å². The van der Waals surface area contributed by atoms with Crippen LogP contribution in [0.1, 0.15) is 5.56 Å². The summed E-state index contributed by atoms with van der Waals surface area (Å²) in [5.41, 5.74) is 2.75. The lowest BCUT2D eigenvalue weighted by Crippen LogP contribution is -2.30. The maximum atomic E-state index is 11.2. The lowest BCUT2D eigenvalue weighted by Gasteiger charge is -2.07. The molecule has 0 saturated heterocycles. The minimum atomic E-state index is -0.393. The van der Waals surface area contributed by atoms with Gasteiger partial charge in [0.05, 0.1) is 24.8 Å². The number of ether oxygens (including phenoxy) is 2. The van der Waals surface area contributed by atoms with Gasteiger partial charge in [-0.15, -0.1) is 0 Å². The van der Waals surface area contributed by atoms with Gasteiger partial charge >= 0.3 is 0 Å². The van der Waals surface area contributed by atoms with Crippen molar-refractivity contribution in [1.29, 1.82) is 5.26 Å². The van der Waals surface area contributed by atoms with Crippen LogP contribution in [0.15, 0.2) is 24.3 Å². The van der Waals surface area contributed by atoms with Crippen molar-refractivity contribution < 1.29 is 19.1 Å². The Bertz CT molecular complexity index is 411. The molecule has 0 aliphatic carbocycles. The van der Waals surface area contributed by atoms with Gasteiger partial charge in [-0.25, -0.2) is 5.48 Å². The molecule has 0 aliphatic heterocycles. The van der Waals surface area contributed by atoms with E-state index < -0.39 is 5.91 Å². The summed E-state index contributed by atoms with van der Waals surface area (Å²) >= 11 is 0. The van der Waals surface area contributed by atoms with Crippen LogP contribution in [-0.4, -0.2) is 32.8 Å². The second-order valence-electron chi connectivity index (χ2n) is 3.29. The fourth-order valence-corrected chi connectivity index (χ4v) is 1.06. The van der Waals surface area contributed by atoms with Crippen LogP contribution in [0.2, 0.25) is 0 Å². The first-order valence-corrected chi connectivity index (χ1v) is 5.29. The predicted octanol–water partition coefficient (Wildman–Crippen LogP) is 0.631. The second kappa shape index (κ2) is 8.06. The van der Waals surface area contributed by atoms with E-state index in [0.29, 0.717) is 17.9 Å². The largest absolute Gasteiger partial charge is 0.484 e. The number of benzene rings is 1. The maximum absolute atomic E-state index is 11.2. The Balaban J connectivity index is 2.23. The van der Waals surface area contributed by atoms with Crippen LogP contribution in [0.5, 0.6) is 5.75 Å². The Morgan fingerprint density at radius 2 is 2.06 bits per heavy atom. The molecule has 1 aromatic rings. The minimum Gasteiger partial charge on any atom is -0.484 e. The molecular formula is C12H14N2O4. The summed E-state index contributed by atoms with van der Waals surface area (Å²) < 4.78 is 9.93. The van der Waals surface area contributed by atoms with Gasteiger partial charge in [-0.1, -0.05) is 0 Å². The summed E-state index contributed by atoms with van der Waals surface area (Å²) in [6.45, 7) is 0.523. The molecule has 0 aliphatic rings. The molecule has 1 amide bonds. The molecule has 1 N–H and O–H groups in total. The van der Waals surface area contributed by atoms with Crippen molar-refractivity contribution in [2.45, 2.75) is 0 Å². The molecule has 6 heteroatoms. The number of amides is 1. The number of hydroxylamine groups is 1. The number of nitrogens with zero attached hydrogens (tertiary/aromatic N) is 1. The zero-order chi connectivity index (χ0) is 13.2. The van der Waals surface area contributed by atoms with Crippen molar-refractivity contribution in [3.8, 4) is 11.8 Å². The van der Waals surface area contributed by atoms with E-state index in [-0.39, 0.29) is 13.2 Å². The van der Waals surface area contributed by atoms with Crippen molar-refractivity contribution in [2.75, 3.05) is 26.9 Å². The number of rotatable bonds is 7. The Morgan fingerprint density at radius 1 is 1.33 bits per heavy atom. The minimum absolute atomic E-state index is 0.154. The predicted molar refractivity (Wildman–Crippen MR) is 62.6 cm³/mol. The lowest BCUT2D eigenvalue weighted by atomic mass is 10.2. The fourth-order valence-electron chi connectivity index (χ4n) is 1.06. The van der Waals surface area contributed by atoms with Gasteiger partial charge in [0.25, 0.3) is 5.91 Å². The zero-order valence-corrected chi connectivity index (χ0v) is 10.0. The smallest absolute Gasteiger partial charge is 0.281 e. The van der Waals surface area contributed by atoms with Crippen molar-refractivity contribution >= 4 is 5.91 Å². The first kappa shape index (κ1) is 14.0. The van der Waals surface area contributed by atoms with E-state index in [1.54, 1.807) is 31.4 Å². The first-order chi connectivity index (χ1) is 8.76. The summed E-state index contributed by atoms with van der Waals surface area (Å²) in [5, 5.41) is 8.61. The van der Waals surface area contributed by atoms with Crippen LogP contribution in [-0.2, 0) is 14.4 Å². The maximum Gasteiger partial charge on any atom is 0.281 e. The number of nitrogens with one attached hydrogen (secondary N) is 1. The van der Waals surface area contributed by atoms with E-state index in [4.69, 9.17) is 19.6 Å². The lowest BCUT2D eigenvalue weighted by molar-refractivity contribution is -0.136. The molecule has 0 atom stereocenters. The Morgan fingerprint density at radius 3 is 2.67 bits per heavy atom. The third-order valence-corrected chi connectivity index (χ3v) is 1.93. The highest BCUT2D eigenvalue weighted by molar-refractivity contribution is 5.76. The number of hydrogen-bond donors (Lipinski definition) is 1. The molecule has 0 aromatic heterocycles. The zero-order valence-electron chi connectivity index (χ0n) is 10.0. The van der Waals surface area contributed by atoms with Gasteiger partial charge in [-0.3, -0.25) is 9.63 Å². The van der Waals surface area contributed by atoms with E-state index in [0.717, 1.165) is 0 Å². The molecular weight excluding hydrogens is 236 g/mol. The second-order valence-corrected chi connectivity index (χ2v) is 3.29. The highest BCUT2D eigenvalue weighted by Crippen LogP contribution is 2.10. The molecule has 96 valence electrons. The number of nitriles is 1.